The Kier molecular flexibility index (Phi) is 5.91. The first-order valence-electron chi connectivity index (χ1n) is 11.9. The number of carbonyl (C=O) groups is 1. The Morgan fingerprint density at radius 1 is 0.848 bits per heavy atom. The molecule has 33 heavy (non-hydrogen) atoms. The van der Waals surface area contributed by atoms with E-state index in [1.54, 1.807) is 0 Å². The summed E-state index contributed by atoms with van der Waals surface area (Å²) in [7, 11) is 0. The molecule has 0 spiro atoms. The average molecular weight is 439 g/mol. The number of anilines is 2. The zero-order chi connectivity index (χ0) is 22.8. The van der Waals surface area contributed by atoms with Crippen molar-refractivity contribution < 1.29 is 9.53 Å². The monoisotopic (exact) mass is 438 g/mol. The highest BCUT2D eigenvalue weighted by Crippen LogP contribution is 2.44. The molecule has 5 rings (SSSR count). The molecule has 3 aromatic rings. The normalized spacial score (nSPS) is 19.6. The molecule has 4 nitrogen and oxygen atoms in total. The van der Waals surface area contributed by atoms with Gasteiger partial charge in [-0.25, -0.2) is 0 Å². The lowest BCUT2D eigenvalue weighted by Gasteiger charge is -2.30. The van der Waals surface area contributed by atoms with Crippen molar-refractivity contribution in [2.75, 3.05) is 17.2 Å². The highest BCUT2D eigenvalue weighted by molar-refractivity contribution is 6.01. The molecule has 0 saturated heterocycles. The van der Waals surface area contributed by atoms with E-state index in [2.05, 4.69) is 66.1 Å². The first kappa shape index (κ1) is 21.3. The molecule has 2 aliphatic rings. The second-order valence-electron chi connectivity index (χ2n) is 8.77. The first-order chi connectivity index (χ1) is 16.2. The summed E-state index contributed by atoms with van der Waals surface area (Å²) in [6.45, 7) is 4.78. The molecule has 4 heteroatoms. The van der Waals surface area contributed by atoms with Crippen LogP contribution in [-0.4, -0.2) is 12.4 Å². The molecular formula is C29H30N2O2. The van der Waals surface area contributed by atoms with Gasteiger partial charge in [-0.3, -0.25) is 4.79 Å². The van der Waals surface area contributed by atoms with Gasteiger partial charge in [0.2, 0.25) is 0 Å². The molecule has 1 aliphatic heterocycles. The number of ketones is 1. The number of hydrogen-bond donors (Lipinski definition) is 2. The number of Topliss-reactive ketones (excluding diaryl/α,β-unsaturated/α-hetero) is 1. The largest absolute Gasteiger partial charge is 0.494 e. The van der Waals surface area contributed by atoms with Gasteiger partial charge in [0, 0.05) is 17.7 Å². The Morgan fingerprint density at radius 2 is 1.55 bits per heavy atom. The summed E-state index contributed by atoms with van der Waals surface area (Å²) >= 11 is 0. The Balaban J connectivity index is 1.54. The van der Waals surface area contributed by atoms with E-state index in [9.17, 15) is 4.79 Å². The molecule has 0 radical (unpaired) electrons. The van der Waals surface area contributed by atoms with Crippen LogP contribution in [0.4, 0.5) is 11.4 Å². The van der Waals surface area contributed by atoms with E-state index >= 15 is 0 Å². The van der Waals surface area contributed by atoms with Gasteiger partial charge < -0.3 is 15.4 Å². The van der Waals surface area contributed by atoms with Gasteiger partial charge in [-0.1, -0.05) is 55.5 Å². The Morgan fingerprint density at radius 3 is 2.24 bits per heavy atom. The molecule has 0 aromatic heterocycles. The third kappa shape index (κ3) is 4.25. The molecule has 1 aliphatic carbocycles. The van der Waals surface area contributed by atoms with Crippen LogP contribution in [0.1, 0.15) is 55.3 Å². The van der Waals surface area contributed by atoms with Crippen molar-refractivity contribution in [3.63, 3.8) is 0 Å². The zero-order valence-corrected chi connectivity index (χ0v) is 19.2. The number of fused-ring (bicyclic) bond motifs is 1. The van der Waals surface area contributed by atoms with Gasteiger partial charge in [0.1, 0.15) is 5.75 Å². The van der Waals surface area contributed by atoms with Crippen LogP contribution in [0.2, 0.25) is 0 Å². The summed E-state index contributed by atoms with van der Waals surface area (Å²) in [4.78, 5) is 13.6. The van der Waals surface area contributed by atoms with Crippen molar-refractivity contribution in [3.8, 4) is 5.75 Å². The lowest BCUT2D eigenvalue weighted by molar-refractivity contribution is -0.116. The van der Waals surface area contributed by atoms with E-state index in [1.165, 1.54) is 11.1 Å². The van der Waals surface area contributed by atoms with Crippen LogP contribution >= 0.6 is 0 Å². The topological polar surface area (TPSA) is 50.4 Å². The fourth-order valence-electron chi connectivity index (χ4n) is 4.93. The third-order valence-electron chi connectivity index (χ3n) is 6.69. The fraction of sp³-hybridized carbons (Fsp3) is 0.276. The van der Waals surface area contributed by atoms with Gasteiger partial charge in [0.15, 0.2) is 5.78 Å². The fourth-order valence-corrected chi connectivity index (χ4v) is 4.93. The smallest absolute Gasteiger partial charge is 0.163 e. The molecule has 0 fully saturated rings. The lowest BCUT2D eigenvalue weighted by Crippen LogP contribution is -2.26. The molecule has 2 atom stereocenters. The van der Waals surface area contributed by atoms with Gasteiger partial charge in [0.25, 0.3) is 0 Å². The van der Waals surface area contributed by atoms with E-state index in [4.69, 9.17) is 4.74 Å². The quantitative estimate of drug-likeness (QED) is 0.470. The zero-order valence-electron chi connectivity index (χ0n) is 19.2. The third-order valence-corrected chi connectivity index (χ3v) is 6.69. The Hall–Kier alpha value is -3.53. The van der Waals surface area contributed by atoms with Crippen LogP contribution in [0, 0.1) is 0 Å². The highest BCUT2D eigenvalue weighted by Gasteiger charge is 2.36. The molecule has 2 unspecified atom stereocenters. The maximum Gasteiger partial charge on any atom is 0.163 e. The maximum atomic E-state index is 13.6. The number of benzene rings is 3. The number of hydrogen-bond acceptors (Lipinski definition) is 4. The minimum Gasteiger partial charge on any atom is -0.494 e. The van der Waals surface area contributed by atoms with Crippen LogP contribution in [0.3, 0.4) is 0 Å². The summed E-state index contributed by atoms with van der Waals surface area (Å²) < 4.78 is 5.62. The maximum absolute atomic E-state index is 13.6. The summed E-state index contributed by atoms with van der Waals surface area (Å²) in [5, 5.41) is 7.26. The van der Waals surface area contributed by atoms with E-state index in [-0.39, 0.29) is 17.7 Å². The summed E-state index contributed by atoms with van der Waals surface area (Å²) in [6, 6.07) is 24.8. The molecule has 0 bridgehead atoms. The van der Waals surface area contributed by atoms with Gasteiger partial charge in [-0.2, -0.15) is 0 Å². The Bertz CT molecular complexity index is 1180. The van der Waals surface area contributed by atoms with Gasteiger partial charge in [0.05, 0.1) is 24.0 Å². The first-order valence-corrected chi connectivity index (χ1v) is 11.9. The van der Waals surface area contributed by atoms with Crippen molar-refractivity contribution in [1.82, 2.24) is 0 Å². The number of carbonyl (C=O) groups excluding carboxylic acids is 1. The second-order valence-corrected chi connectivity index (χ2v) is 8.77. The number of nitrogens with one attached hydrogen (secondary N) is 2. The molecular weight excluding hydrogens is 408 g/mol. The lowest BCUT2D eigenvalue weighted by atomic mass is 9.78. The number of para-hydroxylation sites is 2. The molecule has 2 N–H and O–H groups in total. The molecule has 0 amide bonds. The molecule has 0 saturated carbocycles. The number of rotatable bonds is 5. The van der Waals surface area contributed by atoms with Gasteiger partial charge in [-0.05, 0) is 66.6 Å². The second kappa shape index (κ2) is 9.14. The standard InChI is InChI=1S/C29H30N2O2/c1-3-19-9-11-20(12-10-19)22-17-26-28(27(32)18-22)29(21-13-15-23(16-14-21)33-4-2)31-25-8-6-5-7-24(25)30-26/h5-16,22,29-31H,3-4,17-18H2,1-2H3. The van der Waals surface area contributed by atoms with Crippen LogP contribution in [0.15, 0.2) is 84.1 Å². The van der Waals surface area contributed by atoms with E-state index in [0.29, 0.717) is 13.0 Å². The van der Waals surface area contributed by atoms with Crippen LogP contribution in [-0.2, 0) is 11.2 Å². The number of aryl methyl sites for hydroxylation is 1. The molecule has 168 valence electrons. The molecule has 1 heterocycles. The van der Waals surface area contributed by atoms with Gasteiger partial charge >= 0.3 is 0 Å². The van der Waals surface area contributed by atoms with Crippen molar-refractivity contribution in [3.05, 3.63) is 101 Å². The van der Waals surface area contributed by atoms with Crippen molar-refractivity contribution in [2.45, 2.75) is 45.1 Å². The summed E-state index contributed by atoms with van der Waals surface area (Å²) in [5.74, 6) is 1.22. The van der Waals surface area contributed by atoms with Crippen LogP contribution in [0.5, 0.6) is 5.75 Å². The van der Waals surface area contributed by atoms with Crippen molar-refractivity contribution in [2.24, 2.45) is 0 Å². The SMILES string of the molecule is CCOc1ccc(C2Nc3ccccc3NC3=C2C(=O)CC(c2ccc(CC)cc2)C3)cc1. The van der Waals surface area contributed by atoms with Gasteiger partial charge in [-0.15, -0.1) is 0 Å². The average Bonchev–Trinajstić information content (AvgIpc) is 3.02. The van der Waals surface area contributed by atoms with E-state index < -0.39 is 0 Å². The van der Waals surface area contributed by atoms with E-state index in [0.717, 1.165) is 46.8 Å². The van der Waals surface area contributed by atoms with Crippen molar-refractivity contribution in [1.29, 1.82) is 0 Å². The summed E-state index contributed by atoms with van der Waals surface area (Å²) in [5.41, 5.74) is 7.49. The van der Waals surface area contributed by atoms with Crippen molar-refractivity contribution >= 4 is 17.2 Å². The number of allylic oxidation sites excluding steroid dienone is 1. The van der Waals surface area contributed by atoms with Crippen LogP contribution < -0.4 is 15.4 Å². The minimum atomic E-state index is -0.206. The Labute approximate surface area is 195 Å². The molecule has 3 aromatic carbocycles. The predicted molar refractivity (Wildman–Crippen MR) is 134 cm³/mol. The summed E-state index contributed by atoms with van der Waals surface area (Å²) in [6.07, 6.45) is 2.36. The van der Waals surface area contributed by atoms with Crippen LogP contribution in [0.25, 0.3) is 0 Å². The predicted octanol–water partition coefficient (Wildman–Crippen LogP) is 6.63. The minimum absolute atomic E-state index is 0.181. The van der Waals surface area contributed by atoms with E-state index in [1.807, 2.05) is 31.2 Å². The number of ether oxygens (including phenoxy) is 1. The highest BCUT2D eigenvalue weighted by atomic mass is 16.5.